The first-order valence-electron chi connectivity index (χ1n) is 30.1. The van der Waals surface area contributed by atoms with Crippen LogP contribution in [0, 0.1) is 0 Å². The average Bonchev–Trinajstić information content (AvgIpc) is 3.37. The van der Waals surface area contributed by atoms with Gasteiger partial charge in [0.15, 0.2) is 6.10 Å². The summed E-state index contributed by atoms with van der Waals surface area (Å²) < 4.78 is 16.7. The van der Waals surface area contributed by atoms with Crippen LogP contribution in [0.4, 0.5) is 0 Å². The average molecular weight is 990 g/mol. The molecule has 1 atom stereocenters. The van der Waals surface area contributed by atoms with Crippen molar-refractivity contribution in [3.63, 3.8) is 0 Å². The Balaban J connectivity index is 4.01. The van der Waals surface area contributed by atoms with Crippen LogP contribution in [-0.4, -0.2) is 37.2 Å². The molecule has 0 rings (SSSR count). The Morgan fingerprint density at radius 3 is 0.859 bits per heavy atom. The number of allylic oxidation sites excluding steroid dienone is 14. The van der Waals surface area contributed by atoms with Crippen LogP contribution in [0.5, 0.6) is 0 Å². The summed E-state index contributed by atoms with van der Waals surface area (Å²) in [5, 5.41) is 0. The Kier molecular flexibility index (Phi) is 56.3. The van der Waals surface area contributed by atoms with E-state index in [-0.39, 0.29) is 31.1 Å². The van der Waals surface area contributed by atoms with Gasteiger partial charge in [0.25, 0.3) is 0 Å². The molecule has 0 saturated carbocycles. The monoisotopic (exact) mass is 989 g/mol. The lowest BCUT2D eigenvalue weighted by molar-refractivity contribution is -0.167. The molecule has 0 saturated heterocycles. The van der Waals surface area contributed by atoms with Crippen LogP contribution in [0.3, 0.4) is 0 Å². The number of carbonyl (C=O) groups excluding carboxylic acids is 3. The Hall–Kier alpha value is -3.41. The van der Waals surface area contributed by atoms with Crippen molar-refractivity contribution in [2.75, 3.05) is 13.2 Å². The predicted octanol–water partition coefficient (Wildman–Crippen LogP) is 20.3. The Morgan fingerprint density at radius 1 is 0.296 bits per heavy atom. The number of ether oxygens (including phenoxy) is 3. The molecule has 0 aromatic rings. The third-order valence-electron chi connectivity index (χ3n) is 12.9. The van der Waals surface area contributed by atoms with Crippen LogP contribution in [-0.2, 0) is 28.6 Å². The first kappa shape index (κ1) is 67.6. The molecule has 0 bridgehead atoms. The maximum atomic E-state index is 12.8. The molecule has 71 heavy (non-hydrogen) atoms. The Morgan fingerprint density at radius 2 is 0.549 bits per heavy atom. The first-order valence-corrected chi connectivity index (χ1v) is 30.1. The van der Waals surface area contributed by atoms with E-state index in [1.54, 1.807) is 0 Å². The van der Waals surface area contributed by atoms with Gasteiger partial charge in [-0.3, -0.25) is 14.4 Å². The number of hydrogen-bond donors (Lipinski definition) is 0. The van der Waals surface area contributed by atoms with Crippen molar-refractivity contribution >= 4 is 17.9 Å². The van der Waals surface area contributed by atoms with Crippen molar-refractivity contribution in [2.24, 2.45) is 0 Å². The third kappa shape index (κ3) is 57.4. The Labute approximate surface area is 439 Å². The van der Waals surface area contributed by atoms with E-state index < -0.39 is 6.10 Å². The van der Waals surface area contributed by atoms with Gasteiger partial charge in [0.05, 0.1) is 0 Å². The highest BCUT2D eigenvalue weighted by molar-refractivity contribution is 5.71. The van der Waals surface area contributed by atoms with Crippen LogP contribution < -0.4 is 0 Å². The zero-order valence-electron chi connectivity index (χ0n) is 46.7. The number of hydrogen-bond acceptors (Lipinski definition) is 6. The molecule has 0 aliphatic rings. The van der Waals surface area contributed by atoms with Crippen molar-refractivity contribution in [3.05, 3.63) is 85.1 Å². The normalized spacial score (nSPS) is 12.7. The molecule has 0 aromatic heterocycles. The second-order valence-electron chi connectivity index (χ2n) is 19.9. The highest BCUT2D eigenvalue weighted by atomic mass is 16.6. The molecular weight excluding hydrogens is 877 g/mol. The van der Waals surface area contributed by atoms with Gasteiger partial charge in [-0.2, -0.15) is 0 Å². The van der Waals surface area contributed by atoms with E-state index >= 15 is 0 Å². The highest BCUT2D eigenvalue weighted by Gasteiger charge is 2.19. The molecule has 0 heterocycles. The summed E-state index contributed by atoms with van der Waals surface area (Å²) in [5.41, 5.74) is 0. The van der Waals surface area contributed by atoms with Gasteiger partial charge in [0.2, 0.25) is 0 Å². The van der Waals surface area contributed by atoms with Crippen molar-refractivity contribution < 1.29 is 28.6 Å². The molecule has 6 heteroatoms. The summed E-state index contributed by atoms with van der Waals surface area (Å²) in [5.74, 6) is -0.918. The maximum Gasteiger partial charge on any atom is 0.306 e. The van der Waals surface area contributed by atoms with Crippen LogP contribution >= 0.6 is 0 Å². The van der Waals surface area contributed by atoms with Gasteiger partial charge in [0.1, 0.15) is 13.2 Å². The quantitative estimate of drug-likeness (QED) is 0.0261. The molecule has 0 fully saturated rings. The van der Waals surface area contributed by atoms with E-state index in [1.807, 2.05) is 0 Å². The summed E-state index contributed by atoms with van der Waals surface area (Å²) in [6.07, 6.45) is 77.8. The van der Waals surface area contributed by atoms with Gasteiger partial charge in [0, 0.05) is 19.3 Å². The van der Waals surface area contributed by atoms with Crippen molar-refractivity contribution in [2.45, 2.75) is 297 Å². The highest BCUT2D eigenvalue weighted by Crippen LogP contribution is 2.16. The minimum Gasteiger partial charge on any atom is -0.462 e. The van der Waals surface area contributed by atoms with E-state index in [2.05, 4.69) is 106 Å². The molecular formula is C65H112O6. The summed E-state index contributed by atoms with van der Waals surface area (Å²) in [6.45, 7) is 6.42. The van der Waals surface area contributed by atoms with Crippen LogP contribution in [0.15, 0.2) is 85.1 Å². The van der Waals surface area contributed by atoms with Crippen molar-refractivity contribution in [3.8, 4) is 0 Å². The fraction of sp³-hybridized carbons (Fsp3) is 0.738. The number of unbranched alkanes of at least 4 members (excludes halogenated alkanes) is 29. The van der Waals surface area contributed by atoms with E-state index in [9.17, 15) is 14.4 Å². The number of carbonyl (C=O) groups is 3. The van der Waals surface area contributed by atoms with Crippen LogP contribution in [0.25, 0.3) is 0 Å². The first-order chi connectivity index (χ1) is 35.0. The third-order valence-corrected chi connectivity index (χ3v) is 12.9. The lowest BCUT2D eigenvalue weighted by Gasteiger charge is -2.18. The van der Waals surface area contributed by atoms with Gasteiger partial charge in [-0.15, -0.1) is 0 Å². The van der Waals surface area contributed by atoms with E-state index in [0.717, 1.165) is 116 Å². The van der Waals surface area contributed by atoms with Gasteiger partial charge in [-0.25, -0.2) is 0 Å². The predicted molar refractivity (Wildman–Crippen MR) is 307 cm³/mol. The smallest absolute Gasteiger partial charge is 0.306 e. The van der Waals surface area contributed by atoms with Gasteiger partial charge >= 0.3 is 17.9 Å². The van der Waals surface area contributed by atoms with Crippen molar-refractivity contribution in [1.29, 1.82) is 0 Å². The number of esters is 3. The van der Waals surface area contributed by atoms with E-state index in [4.69, 9.17) is 14.2 Å². The standard InChI is InChI=1S/C65H112O6/c1-4-7-10-13-15-17-19-21-23-25-26-27-28-29-30-31-32-33-34-35-36-37-38-40-41-43-45-47-49-52-55-58-64(67)70-61-62(60-69-63(66)57-54-51-12-9-6-3)71-65(68)59-56-53-50-48-46-44-42-39-24-22-20-18-16-14-11-8-5-2/h8,11,16,18-19,21-22,24-26,28-29,42,44,62H,4-7,9-10,12-15,17,20,23,27,30-41,43,45-61H2,1-3H3/b11-8-,18-16-,21-19-,24-22-,26-25-,29-28-,44-42-. The lowest BCUT2D eigenvalue weighted by Crippen LogP contribution is -2.30. The molecule has 0 aliphatic heterocycles. The van der Waals surface area contributed by atoms with Gasteiger partial charge < -0.3 is 14.2 Å². The second kappa shape index (κ2) is 59.2. The molecule has 0 aromatic carbocycles. The SMILES string of the molecule is CC/C=C\C/C=C\C/C=C\C/C=C\CCCCCCC(=O)OC(COC(=O)CCCCCCC)COC(=O)CCCCCCCCCCCCCCCCCC/C=C\C/C=C\C/C=C\CCCCCCC. The zero-order valence-corrected chi connectivity index (χ0v) is 46.7. The topological polar surface area (TPSA) is 78.9 Å². The fourth-order valence-corrected chi connectivity index (χ4v) is 8.38. The minimum absolute atomic E-state index is 0.0853. The van der Waals surface area contributed by atoms with Gasteiger partial charge in [-0.1, -0.05) is 260 Å². The molecule has 0 radical (unpaired) electrons. The number of rotatable bonds is 54. The van der Waals surface area contributed by atoms with Crippen LogP contribution in [0.2, 0.25) is 0 Å². The molecule has 0 spiro atoms. The minimum atomic E-state index is -0.785. The van der Waals surface area contributed by atoms with Crippen LogP contribution in [0.1, 0.15) is 290 Å². The second-order valence-corrected chi connectivity index (χ2v) is 19.9. The largest absolute Gasteiger partial charge is 0.462 e. The zero-order chi connectivity index (χ0) is 51.4. The van der Waals surface area contributed by atoms with E-state index in [0.29, 0.717) is 19.3 Å². The maximum absolute atomic E-state index is 12.8. The fourth-order valence-electron chi connectivity index (χ4n) is 8.38. The molecule has 408 valence electrons. The molecule has 1 unspecified atom stereocenters. The molecule has 6 nitrogen and oxygen atoms in total. The summed E-state index contributed by atoms with van der Waals surface area (Å²) in [7, 11) is 0. The van der Waals surface area contributed by atoms with E-state index in [1.165, 1.54) is 135 Å². The summed E-state index contributed by atoms with van der Waals surface area (Å²) >= 11 is 0. The molecule has 0 aliphatic carbocycles. The molecule has 0 amide bonds. The summed E-state index contributed by atoms with van der Waals surface area (Å²) in [6, 6.07) is 0. The lowest BCUT2D eigenvalue weighted by atomic mass is 10.0. The molecule has 0 N–H and O–H groups in total. The summed E-state index contributed by atoms with van der Waals surface area (Å²) in [4.78, 5) is 37.8. The van der Waals surface area contributed by atoms with Gasteiger partial charge in [-0.05, 0) is 96.3 Å². The Bertz CT molecular complexity index is 1370. The van der Waals surface area contributed by atoms with Crippen molar-refractivity contribution in [1.82, 2.24) is 0 Å².